The van der Waals surface area contributed by atoms with Crippen LogP contribution >= 0.6 is 11.3 Å². The fourth-order valence-electron chi connectivity index (χ4n) is 1.55. The lowest BCUT2D eigenvalue weighted by molar-refractivity contribution is 0.0701. The van der Waals surface area contributed by atoms with Gasteiger partial charge < -0.3 is 5.11 Å². The quantitative estimate of drug-likeness (QED) is 0.880. The predicted molar refractivity (Wildman–Crippen MR) is 66.2 cm³/mol. The van der Waals surface area contributed by atoms with Gasteiger partial charge in [0.05, 0.1) is 11.6 Å². The third kappa shape index (κ3) is 2.19. The molecule has 1 heterocycles. The molecule has 1 aromatic heterocycles. The zero-order valence-electron chi connectivity index (χ0n) is 9.10. The fraction of sp³-hybridized carbons (Fsp3) is 0.0769. The molecule has 84 valence electrons. The second-order valence-corrected chi connectivity index (χ2v) is 4.67. The van der Waals surface area contributed by atoms with Crippen LogP contribution in [-0.2, 0) is 0 Å². The van der Waals surface area contributed by atoms with Crippen molar-refractivity contribution in [2.24, 2.45) is 0 Å². The van der Waals surface area contributed by atoms with Crippen LogP contribution in [0.1, 0.15) is 20.8 Å². The molecule has 2 rings (SSSR count). The summed E-state index contributed by atoms with van der Waals surface area (Å²) in [5.74, 6) is -0.896. The molecule has 0 bridgehead atoms. The highest BCUT2D eigenvalue weighted by atomic mass is 32.1. The van der Waals surface area contributed by atoms with Gasteiger partial charge >= 0.3 is 5.97 Å². The van der Waals surface area contributed by atoms with Gasteiger partial charge in [0.2, 0.25) is 0 Å². The summed E-state index contributed by atoms with van der Waals surface area (Å²) in [6.45, 7) is 1.78. The Bertz CT molecular complexity index is 605. The monoisotopic (exact) mass is 243 g/mol. The van der Waals surface area contributed by atoms with E-state index in [0.29, 0.717) is 10.4 Å². The number of hydrogen-bond acceptors (Lipinski definition) is 3. The van der Waals surface area contributed by atoms with Gasteiger partial charge in [0, 0.05) is 4.88 Å². The molecule has 0 amide bonds. The number of nitrogens with zero attached hydrogens (tertiary/aromatic N) is 1. The first kappa shape index (κ1) is 11.4. The maximum Gasteiger partial charge on any atom is 0.346 e. The van der Waals surface area contributed by atoms with Gasteiger partial charge in [-0.05, 0) is 36.2 Å². The summed E-state index contributed by atoms with van der Waals surface area (Å²) in [5, 5.41) is 17.7. The molecule has 3 nitrogen and oxygen atoms in total. The third-order valence-corrected chi connectivity index (χ3v) is 3.68. The molecule has 0 aliphatic rings. The molecule has 17 heavy (non-hydrogen) atoms. The molecule has 0 saturated heterocycles. The van der Waals surface area contributed by atoms with Crippen LogP contribution in [0, 0.1) is 18.3 Å². The van der Waals surface area contributed by atoms with E-state index < -0.39 is 5.97 Å². The molecule has 0 aliphatic heterocycles. The Morgan fingerprint density at radius 2 is 2.00 bits per heavy atom. The Balaban J connectivity index is 2.43. The van der Waals surface area contributed by atoms with E-state index in [1.807, 2.05) is 24.3 Å². The van der Waals surface area contributed by atoms with Crippen molar-refractivity contribution < 1.29 is 9.90 Å². The SMILES string of the molecule is Cc1cc(-c2ccc(C#N)cc2)sc1C(=O)O. The van der Waals surface area contributed by atoms with Gasteiger partial charge in [0.25, 0.3) is 0 Å². The number of carboxylic acid groups (broad SMARTS) is 1. The van der Waals surface area contributed by atoms with Crippen LogP contribution in [0.15, 0.2) is 30.3 Å². The van der Waals surface area contributed by atoms with Gasteiger partial charge in [0.15, 0.2) is 0 Å². The lowest BCUT2D eigenvalue weighted by Gasteiger charge is -1.96. The number of benzene rings is 1. The van der Waals surface area contributed by atoms with Crippen molar-refractivity contribution in [2.45, 2.75) is 6.92 Å². The first-order valence-electron chi connectivity index (χ1n) is 4.96. The predicted octanol–water partition coefficient (Wildman–Crippen LogP) is 3.29. The summed E-state index contributed by atoms with van der Waals surface area (Å²) >= 11 is 1.25. The summed E-state index contributed by atoms with van der Waals surface area (Å²) in [5.41, 5.74) is 2.30. The van der Waals surface area contributed by atoms with E-state index in [1.165, 1.54) is 11.3 Å². The summed E-state index contributed by atoms with van der Waals surface area (Å²) in [6, 6.07) is 11.0. The number of hydrogen-bond donors (Lipinski definition) is 1. The van der Waals surface area contributed by atoms with Gasteiger partial charge in [0.1, 0.15) is 4.88 Å². The summed E-state index contributed by atoms with van der Waals surface area (Å²) in [7, 11) is 0. The van der Waals surface area contributed by atoms with Gasteiger partial charge in [-0.2, -0.15) is 5.26 Å². The second kappa shape index (κ2) is 4.40. The van der Waals surface area contributed by atoms with Crippen molar-refractivity contribution in [3.8, 4) is 16.5 Å². The maximum atomic E-state index is 10.9. The average Bonchev–Trinajstić information content (AvgIpc) is 2.71. The van der Waals surface area contributed by atoms with Gasteiger partial charge in [-0.3, -0.25) is 0 Å². The Morgan fingerprint density at radius 3 is 2.47 bits per heavy atom. The Labute approximate surface area is 103 Å². The molecule has 0 saturated carbocycles. The van der Waals surface area contributed by atoms with E-state index >= 15 is 0 Å². The topological polar surface area (TPSA) is 61.1 Å². The molecule has 0 aliphatic carbocycles. The van der Waals surface area contributed by atoms with Crippen molar-refractivity contribution in [1.82, 2.24) is 0 Å². The van der Waals surface area contributed by atoms with Crippen LogP contribution < -0.4 is 0 Å². The normalized spacial score (nSPS) is 9.88. The molecule has 0 unspecified atom stereocenters. The van der Waals surface area contributed by atoms with E-state index in [2.05, 4.69) is 0 Å². The molecule has 1 aromatic carbocycles. The van der Waals surface area contributed by atoms with Crippen LogP contribution in [-0.4, -0.2) is 11.1 Å². The number of carboxylic acids is 1. The highest BCUT2D eigenvalue weighted by Crippen LogP contribution is 2.31. The minimum atomic E-state index is -0.896. The first-order chi connectivity index (χ1) is 8.11. The molecular formula is C13H9NO2S. The number of aryl methyl sites for hydroxylation is 1. The third-order valence-electron chi connectivity index (χ3n) is 2.41. The van der Waals surface area contributed by atoms with E-state index in [-0.39, 0.29) is 0 Å². The van der Waals surface area contributed by atoms with Crippen LogP contribution in [0.5, 0.6) is 0 Å². The number of rotatable bonds is 2. The van der Waals surface area contributed by atoms with E-state index in [0.717, 1.165) is 16.0 Å². The lowest BCUT2D eigenvalue weighted by atomic mass is 10.1. The van der Waals surface area contributed by atoms with Crippen LogP contribution in [0.25, 0.3) is 10.4 Å². The summed E-state index contributed by atoms with van der Waals surface area (Å²) in [4.78, 5) is 12.2. The summed E-state index contributed by atoms with van der Waals surface area (Å²) in [6.07, 6.45) is 0. The molecular weight excluding hydrogens is 234 g/mol. The van der Waals surface area contributed by atoms with Crippen LogP contribution in [0.2, 0.25) is 0 Å². The highest BCUT2D eigenvalue weighted by molar-refractivity contribution is 7.17. The molecule has 2 aromatic rings. The number of aromatic carboxylic acids is 1. The number of nitriles is 1. The average molecular weight is 243 g/mol. The van der Waals surface area contributed by atoms with Gasteiger partial charge in [-0.1, -0.05) is 12.1 Å². The number of thiophene rings is 1. The van der Waals surface area contributed by atoms with E-state index in [4.69, 9.17) is 10.4 Å². The van der Waals surface area contributed by atoms with Gasteiger partial charge in [-0.25, -0.2) is 4.79 Å². The van der Waals surface area contributed by atoms with Gasteiger partial charge in [-0.15, -0.1) is 11.3 Å². The standard InChI is InChI=1S/C13H9NO2S/c1-8-6-11(17-12(8)13(15)16)10-4-2-9(7-14)3-5-10/h2-6H,1H3,(H,15,16). The van der Waals surface area contributed by atoms with Crippen molar-refractivity contribution in [2.75, 3.05) is 0 Å². The van der Waals surface area contributed by atoms with Crippen LogP contribution in [0.4, 0.5) is 0 Å². The zero-order chi connectivity index (χ0) is 12.4. The Hall–Kier alpha value is -2.12. The summed E-state index contributed by atoms with van der Waals surface area (Å²) < 4.78 is 0. The molecule has 0 spiro atoms. The molecule has 4 heteroatoms. The smallest absolute Gasteiger partial charge is 0.346 e. The fourth-order valence-corrected chi connectivity index (χ4v) is 2.56. The molecule has 0 atom stereocenters. The Morgan fingerprint density at radius 1 is 1.35 bits per heavy atom. The minimum Gasteiger partial charge on any atom is -0.477 e. The highest BCUT2D eigenvalue weighted by Gasteiger charge is 2.12. The van der Waals surface area contributed by atoms with Crippen molar-refractivity contribution in [3.63, 3.8) is 0 Å². The lowest BCUT2D eigenvalue weighted by Crippen LogP contribution is -1.93. The second-order valence-electron chi connectivity index (χ2n) is 3.62. The van der Waals surface area contributed by atoms with Crippen molar-refractivity contribution in [3.05, 3.63) is 46.3 Å². The Kier molecular flexibility index (Phi) is 2.94. The zero-order valence-corrected chi connectivity index (χ0v) is 9.91. The maximum absolute atomic E-state index is 10.9. The molecule has 0 fully saturated rings. The number of carbonyl (C=O) groups is 1. The largest absolute Gasteiger partial charge is 0.477 e. The minimum absolute atomic E-state index is 0.365. The van der Waals surface area contributed by atoms with Crippen molar-refractivity contribution in [1.29, 1.82) is 5.26 Å². The van der Waals surface area contributed by atoms with Crippen LogP contribution in [0.3, 0.4) is 0 Å². The molecule has 0 radical (unpaired) electrons. The molecule has 1 N–H and O–H groups in total. The first-order valence-corrected chi connectivity index (χ1v) is 5.77. The van der Waals surface area contributed by atoms with E-state index in [1.54, 1.807) is 19.1 Å². The van der Waals surface area contributed by atoms with Crippen molar-refractivity contribution >= 4 is 17.3 Å². The van der Waals surface area contributed by atoms with E-state index in [9.17, 15) is 4.79 Å².